The van der Waals surface area contributed by atoms with Crippen molar-refractivity contribution < 1.29 is 9.47 Å². The zero-order chi connectivity index (χ0) is 9.15. The molecule has 0 saturated carbocycles. The highest BCUT2D eigenvalue weighted by molar-refractivity contribution is 6.18. The summed E-state index contributed by atoms with van der Waals surface area (Å²) in [5, 5.41) is 0. The average molecular weight is 205 g/mol. The molecule has 2 aliphatic heterocycles. The van der Waals surface area contributed by atoms with Crippen molar-refractivity contribution in [3.8, 4) is 0 Å². The first kappa shape index (κ1) is 9.75. The highest BCUT2D eigenvalue weighted by Gasteiger charge is 2.37. The molecule has 2 nitrogen and oxygen atoms in total. The fourth-order valence-corrected chi connectivity index (χ4v) is 2.58. The maximum absolute atomic E-state index is 6.01. The summed E-state index contributed by atoms with van der Waals surface area (Å²) in [6.45, 7) is 2.64. The zero-order valence-corrected chi connectivity index (χ0v) is 8.68. The van der Waals surface area contributed by atoms with Crippen LogP contribution < -0.4 is 0 Å². The first-order chi connectivity index (χ1) is 6.35. The van der Waals surface area contributed by atoms with Crippen LogP contribution in [0.2, 0.25) is 0 Å². The molecule has 0 aromatic rings. The van der Waals surface area contributed by atoms with Crippen molar-refractivity contribution in [2.75, 3.05) is 25.7 Å². The van der Waals surface area contributed by atoms with E-state index in [1.807, 2.05) is 0 Å². The molecular formula is C10H17ClO2. The lowest BCUT2D eigenvalue weighted by atomic mass is 9.83. The summed E-state index contributed by atoms with van der Waals surface area (Å²) in [6.07, 6.45) is 5.07. The van der Waals surface area contributed by atoms with E-state index in [4.69, 9.17) is 21.1 Å². The molecule has 2 saturated heterocycles. The Hall–Kier alpha value is 0.210. The van der Waals surface area contributed by atoms with E-state index in [2.05, 4.69) is 0 Å². The van der Waals surface area contributed by atoms with Gasteiger partial charge in [-0.2, -0.15) is 0 Å². The van der Waals surface area contributed by atoms with Gasteiger partial charge >= 0.3 is 0 Å². The largest absolute Gasteiger partial charge is 0.381 e. The number of alkyl halides is 1. The maximum atomic E-state index is 6.01. The van der Waals surface area contributed by atoms with E-state index in [9.17, 15) is 0 Å². The molecule has 3 heteroatoms. The van der Waals surface area contributed by atoms with Gasteiger partial charge in [-0.05, 0) is 25.7 Å². The Labute approximate surface area is 84.5 Å². The van der Waals surface area contributed by atoms with Gasteiger partial charge in [0, 0.05) is 24.5 Å². The predicted molar refractivity (Wildman–Crippen MR) is 52.2 cm³/mol. The van der Waals surface area contributed by atoms with Crippen molar-refractivity contribution in [3.63, 3.8) is 0 Å². The fraction of sp³-hybridized carbons (Fsp3) is 1.00. The van der Waals surface area contributed by atoms with E-state index in [1.165, 1.54) is 12.8 Å². The van der Waals surface area contributed by atoms with Crippen LogP contribution in [0.25, 0.3) is 0 Å². The van der Waals surface area contributed by atoms with Gasteiger partial charge in [0.1, 0.15) is 0 Å². The molecule has 0 radical (unpaired) electrons. The molecule has 0 aromatic heterocycles. The van der Waals surface area contributed by atoms with E-state index in [1.54, 1.807) is 0 Å². The Morgan fingerprint density at radius 1 is 1.38 bits per heavy atom. The third kappa shape index (κ3) is 2.17. The normalized spacial score (nSPS) is 39.9. The smallest absolute Gasteiger partial charge is 0.0582 e. The molecule has 0 aromatic carbocycles. The number of hydrogen-bond acceptors (Lipinski definition) is 2. The second-order valence-electron chi connectivity index (χ2n) is 4.28. The molecule has 76 valence electrons. The van der Waals surface area contributed by atoms with Crippen LogP contribution in [0.3, 0.4) is 0 Å². The minimum Gasteiger partial charge on any atom is -0.381 e. The summed E-state index contributed by atoms with van der Waals surface area (Å²) < 4.78 is 11.0. The molecule has 2 rings (SSSR count). The van der Waals surface area contributed by atoms with Crippen molar-refractivity contribution in [1.29, 1.82) is 0 Å². The standard InChI is InChI=1S/C10H17ClO2/c11-7-10(3-5-12-8-10)6-9-2-1-4-13-9/h9H,1-8H2. The monoisotopic (exact) mass is 204 g/mol. The molecule has 2 unspecified atom stereocenters. The second kappa shape index (κ2) is 4.16. The maximum Gasteiger partial charge on any atom is 0.0582 e. The highest BCUT2D eigenvalue weighted by Crippen LogP contribution is 2.37. The fourth-order valence-electron chi connectivity index (χ4n) is 2.26. The predicted octanol–water partition coefficient (Wildman–Crippen LogP) is 2.20. The molecule has 0 N–H and O–H groups in total. The zero-order valence-electron chi connectivity index (χ0n) is 7.93. The first-order valence-corrected chi connectivity index (χ1v) is 5.63. The molecule has 0 bridgehead atoms. The van der Waals surface area contributed by atoms with Gasteiger partial charge in [-0.1, -0.05) is 0 Å². The lowest BCUT2D eigenvalue weighted by Gasteiger charge is -2.27. The van der Waals surface area contributed by atoms with Gasteiger partial charge in [0.05, 0.1) is 12.7 Å². The van der Waals surface area contributed by atoms with E-state index in [0.717, 1.165) is 32.7 Å². The molecule has 2 aliphatic rings. The number of ether oxygens (including phenoxy) is 2. The average Bonchev–Trinajstić information content (AvgIpc) is 2.77. The van der Waals surface area contributed by atoms with Crippen LogP contribution in [0.5, 0.6) is 0 Å². The van der Waals surface area contributed by atoms with Crippen LogP contribution in [-0.2, 0) is 9.47 Å². The van der Waals surface area contributed by atoms with E-state index < -0.39 is 0 Å². The number of hydrogen-bond donors (Lipinski definition) is 0. The SMILES string of the molecule is ClCC1(CC2CCCO2)CCOC1. The van der Waals surface area contributed by atoms with Crippen molar-refractivity contribution in [2.24, 2.45) is 5.41 Å². The Bertz CT molecular complexity index is 160. The van der Waals surface area contributed by atoms with Crippen LogP contribution >= 0.6 is 11.6 Å². The summed E-state index contributed by atoms with van der Waals surface area (Å²) in [5.41, 5.74) is 0.219. The summed E-state index contributed by atoms with van der Waals surface area (Å²) in [4.78, 5) is 0. The number of halogens is 1. The summed E-state index contributed by atoms with van der Waals surface area (Å²) in [7, 11) is 0. The molecule has 2 atom stereocenters. The van der Waals surface area contributed by atoms with Crippen LogP contribution in [0.15, 0.2) is 0 Å². The van der Waals surface area contributed by atoms with E-state index in [0.29, 0.717) is 12.0 Å². The van der Waals surface area contributed by atoms with Crippen LogP contribution in [0.4, 0.5) is 0 Å². The van der Waals surface area contributed by atoms with Gasteiger partial charge in [-0.3, -0.25) is 0 Å². The van der Waals surface area contributed by atoms with Gasteiger partial charge in [-0.15, -0.1) is 11.6 Å². The Kier molecular flexibility index (Phi) is 3.12. The van der Waals surface area contributed by atoms with Crippen molar-refractivity contribution >= 4 is 11.6 Å². The quantitative estimate of drug-likeness (QED) is 0.657. The Morgan fingerprint density at radius 3 is 2.85 bits per heavy atom. The molecule has 13 heavy (non-hydrogen) atoms. The van der Waals surface area contributed by atoms with Gasteiger partial charge in [-0.25, -0.2) is 0 Å². The summed E-state index contributed by atoms with van der Waals surface area (Å²) >= 11 is 6.01. The third-order valence-corrected chi connectivity index (χ3v) is 3.72. The van der Waals surface area contributed by atoms with Gasteiger partial charge in [0.2, 0.25) is 0 Å². The Morgan fingerprint density at radius 2 is 2.31 bits per heavy atom. The molecule has 0 spiro atoms. The molecule has 0 aliphatic carbocycles. The highest BCUT2D eigenvalue weighted by atomic mass is 35.5. The molecule has 2 heterocycles. The van der Waals surface area contributed by atoms with Crippen molar-refractivity contribution in [3.05, 3.63) is 0 Å². The summed E-state index contributed by atoms with van der Waals surface area (Å²) in [6, 6.07) is 0. The van der Waals surface area contributed by atoms with Crippen LogP contribution in [0, 0.1) is 5.41 Å². The van der Waals surface area contributed by atoms with Gasteiger partial charge in [0.15, 0.2) is 0 Å². The molecule has 0 amide bonds. The third-order valence-electron chi connectivity index (χ3n) is 3.15. The van der Waals surface area contributed by atoms with Crippen molar-refractivity contribution in [2.45, 2.75) is 31.8 Å². The van der Waals surface area contributed by atoms with E-state index >= 15 is 0 Å². The Balaban J connectivity index is 1.88. The topological polar surface area (TPSA) is 18.5 Å². The number of rotatable bonds is 3. The molecular weight excluding hydrogens is 188 g/mol. The lowest BCUT2D eigenvalue weighted by molar-refractivity contribution is 0.0603. The summed E-state index contributed by atoms with van der Waals surface area (Å²) in [5.74, 6) is 0.715. The minimum atomic E-state index is 0.219. The van der Waals surface area contributed by atoms with Crippen LogP contribution in [-0.4, -0.2) is 31.8 Å². The molecule has 2 fully saturated rings. The second-order valence-corrected chi connectivity index (χ2v) is 4.54. The minimum absolute atomic E-state index is 0.219. The first-order valence-electron chi connectivity index (χ1n) is 5.10. The van der Waals surface area contributed by atoms with Crippen molar-refractivity contribution in [1.82, 2.24) is 0 Å². The van der Waals surface area contributed by atoms with Crippen LogP contribution in [0.1, 0.15) is 25.7 Å². The van der Waals surface area contributed by atoms with Gasteiger partial charge < -0.3 is 9.47 Å². The van der Waals surface area contributed by atoms with Gasteiger partial charge in [0.25, 0.3) is 0 Å². The van der Waals surface area contributed by atoms with E-state index in [-0.39, 0.29) is 5.41 Å². The lowest BCUT2D eigenvalue weighted by Crippen LogP contribution is -2.28.